The second-order valence-electron chi connectivity index (χ2n) is 5.76. The Bertz CT molecular complexity index is 775. The molecule has 0 aromatic heterocycles. The monoisotopic (exact) mass is 303 g/mol. The highest BCUT2D eigenvalue weighted by Crippen LogP contribution is 2.58. The molecule has 8 nitrogen and oxygen atoms in total. The number of benzene rings is 1. The summed E-state index contributed by atoms with van der Waals surface area (Å²) in [6, 6.07) is 6.07. The van der Waals surface area contributed by atoms with Crippen LogP contribution in [0, 0.1) is 10.1 Å². The molecule has 1 fully saturated rings. The van der Waals surface area contributed by atoms with Crippen LogP contribution in [0.3, 0.4) is 0 Å². The lowest BCUT2D eigenvalue weighted by Gasteiger charge is -2.34. The summed E-state index contributed by atoms with van der Waals surface area (Å²) in [6.45, 7) is 0.649. The highest BCUT2D eigenvalue weighted by Gasteiger charge is 2.78. The maximum absolute atomic E-state index is 12.7. The lowest BCUT2D eigenvalue weighted by molar-refractivity contribution is -0.450. The van der Waals surface area contributed by atoms with Crippen LogP contribution in [0.2, 0.25) is 0 Å². The number of Topliss-reactive ketones (excluding diaryl/α,β-unsaturated/α-hetero) is 1. The number of nitro groups is 1. The van der Waals surface area contributed by atoms with Gasteiger partial charge >= 0.3 is 5.70 Å². The molecule has 0 spiro atoms. The molecule has 114 valence electrons. The van der Waals surface area contributed by atoms with Crippen molar-refractivity contribution in [3.63, 3.8) is 0 Å². The van der Waals surface area contributed by atoms with Gasteiger partial charge in [0.05, 0.1) is 4.92 Å². The highest BCUT2D eigenvalue weighted by atomic mass is 16.6. The molecule has 1 aromatic carbocycles. The fourth-order valence-electron chi connectivity index (χ4n) is 3.81. The van der Waals surface area contributed by atoms with E-state index in [1.165, 1.54) is 17.0 Å². The maximum atomic E-state index is 12.7. The van der Waals surface area contributed by atoms with Crippen LogP contribution in [-0.2, 0) is 5.60 Å². The Balaban J connectivity index is 2.11. The van der Waals surface area contributed by atoms with Gasteiger partial charge in [-0.25, -0.2) is 0 Å². The van der Waals surface area contributed by atoms with E-state index in [0.29, 0.717) is 6.54 Å². The van der Waals surface area contributed by atoms with Crippen molar-refractivity contribution in [2.45, 2.75) is 11.3 Å². The SMILES string of the molecule is CN1CCN2C1=C([N+](=O)[O-])C1(O)c3ccccc3C(=O)C21O. The molecule has 2 N–H and O–H groups in total. The second kappa shape index (κ2) is 3.65. The molecule has 3 aliphatic rings. The van der Waals surface area contributed by atoms with Crippen LogP contribution in [0.4, 0.5) is 0 Å². The van der Waals surface area contributed by atoms with E-state index in [0.717, 1.165) is 0 Å². The first kappa shape index (κ1) is 13.2. The first-order valence-electron chi connectivity index (χ1n) is 6.82. The minimum Gasteiger partial charge on any atom is -0.370 e. The second-order valence-corrected chi connectivity index (χ2v) is 5.76. The van der Waals surface area contributed by atoms with Gasteiger partial charge in [-0.1, -0.05) is 24.3 Å². The van der Waals surface area contributed by atoms with Gasteiger partial charge in [-0.2, -0.15) is 0 Å². The summed E-state index contributed by atoms with van der Waals surface area (Å²) in [7, 11) is 1.63. The highest BCUT2D eigenvalue weighted by molar-refractivity contribution is 6.09. The van der Waals surface area contributed by atoms with Crippen molar-refractivity contribution < 1.29 is 19.9 Å². The van der Waals surface area contributed by atoms with Gasteiger partial charge in [-0.15, -0.1) is 0 Å². The van der Waals surface area contributed by atoms with Crippen LogP contribution in [0.1, 0.15) is 15.9 Å². The molecular formula is C14H13N3O5. The first-order valence-corrected chi connectivity index (χ1v) is 6.82. The molecule has 8 heteroatoms. The number of nitrogens with zero attached hydrogens (tertiary/aromatic N) is 3. The van der Waals surface area contributed by atoms with Crippen LogP contribution < -0.4 is 0 Å². The van der Waals surface area contributed by atoms with Crippen molar-refractivity contribution >= 4 is 5.78 Å². The Labute approximate surface area is 125 Å². The summed E-state index contributed by atoms with van der Waals surface area (Å²) >= 11 is 0. The first-order chi connectivity index (χ1) is 10.3. The molecule has 1 aromatic rings. The molecule has 1 aliphatic carbocycles. The number of hydrogen-bond acceptors (Lipinski definition) is 7. The molecule has 1 saturated heterocycles. The average Bonchev–Trinajstić information content (AvgIpc) is 3.00. The number of ketones is 1. The summed E-state index contributed by atoms with van der Waals surface area (Å²) in [5, 5.41) is 33.8. The number of likely N-dealkylation sites (N-methyl/N-ethyl adjacent to an activating group) is 1. The predicted octanol–water partition coefficient (Wildman–Crippen LogP) is -0.534. The Morgan fingerprint density at radius 1 is 1.27 bits per heavy atom. The molecule has 4 rings (SSSR count). The molecule has 2 atom stereocenters. The van der Waals surface area contributed by atoms with Crippen molar-refractivity contribution in [1.29, 1.82) is 0 Å². The Kier molecular flexibility index (Phi) is 2.20. The van der Waals surface area contributed by atoms with Gasteiger partial charge in [0.25, 0.3) is 0 Å². The van der Waals surface area contributed by atoms with Crippen LogP contribution in [0.5, 0.6) is 0 Å². The zero-order valence-corrected chi connectivity index (χ0v) is 11.7. The lowest BCUT2D eigenvalue weighted by atomic mass is 9.88. The molecular weight excluding hydrogens is 290 g/mol. The van der Waals surface area contributed by atoms with Crippen LogP contribution in [0.15, 0.2) is 35.8 Å². The van der Waals surface area contributed by atoms with E-state index in [9.17, 15) is 25.1 Å². The molecule has 0 radical (unpaired) electrons. The molecule has 2 unspecified atom stereocenters. The number of aliphatic hydroxyl groups is 2. The van der Waals surface area contributed by atoms with Gasteiger partial charge in [-0.05, 0) is 0 Å². The van der Waals surface area contributed by atoms with Crippen molar-refractivity contribution in [1.82, 2.24) is 9.80 Å². The van der Waals surface area contributed by atoms with Crippen molar-refractivity contribution in [2.24, 2.45) is 0 Å². The zero-order valence-electron chi connectivity index (χ0n) is 11.7. The summed E-state index contributed by atoms with van der Waals surface area (Å²) in [5.41, 5.74) is -5.09. The van der Waals surface area contributed by atoms with Crippen molar-refractivity contribution in [3.8, 4) is 0 Å². The summed E-state index contributed by atoms with van der Waals surface area (Å²) in [4.78, 5) is 26.4. The van der Waals surface area contributed by atoms with Crippen LogP contribution in [-0.4, -0.2) is 56.6 Å². The number of rotatable bonds is 1. The van der Waals surface area contributed by atoms with E-state index in [1.807, 2.05) is 0 Å². The van der Waals surface area contributed by atoms with Crippen molar-refractivity contribution in [2.75, 3.05) is 20.1 Å². The van der Waals surface area contributed by atoms with E-state index in [1.54, 1.807) is 24.1 Å². The summed E-state index contributed by atoms with van der Waals surface area (Å²) < 4.78 is 0. The normalized spacial score (nSPS) is 32.4. The van der Waals surface area contributed by atoms with E-state index in [4.69, 9.17) is 0 Å². The number of carbonyl (C=O) groups excluding carboxylic acids is 1. The number of fused-ring (bicyclic) bond motifs is 5. The van der Waals surface area contributed by atoms with Gasteiger partial charge in [0, 0.05) is 31.3 Å². The van der Waals surface area contributed by atoms with Crippen LogP contribution in [0.25, 0.3) is 0 Å². The van der Waals surface area contributed by atoms with Gasteiger partial charge in [-0.3, -0.25) is 14.9 Å². The van der Waals surface area contributed by atoms with Gasteiger partial charge in [0.2, 0.25) is 17.1 Å². The van der Waals surface area contributed by atoms with Crippen LogP contribution >= 0.6 is 0 Å². The standard InChI is InChI=1S/C14H13N3O5/c1-15-6-7-16-12(15)10(17(21)22)13(19)9-5-3-2-4-8(9)11(18)14(13,16)20/h2-5,19-20H,6-7H2,1H3. The van der Waals surface area contributed by atoms with E-state index in [2.05, 4.69) is 0 Å². The fraction of sp³-hybridized carbons (Fsp3) is 0.357. The van der Waals surface area contributed by atoms with Gasteiger partial charge in [0.15, 0.2) is 5.82 Å². The smallest absolute Gasteiger partial charge is 0.327 e. The molecule has 0 saturated carbocycles. The minimum absolute atomic E-state index is 0.0736. The van der Waals surface area contributed by atoms with Gasteiger partial charge in [0.1, 0.15) is 0 Å². The lowest BCUT2D eigenvalue weighted by Crippen LogP contribution is -2.59. The summed E-state index contributed by atoms with van der Waals surface area (Å²) in [5.74, 6) is -0.617. The molecule has 0 bridgehead atoms. The summed E-state index contributed by atoms with van der Waals surface area (Å²) in [6.07, 6.45) is 0. The molecule has 2 heterocycles. The van der Waals surface area contributed by atoms with E-state index < -0.39 is 27.7 Å². The zero-order chi connectivity index (χ0) is 15.9. The third-order valence-corrected chi connectivity index (χ3v) is 4.79. The third-order valence-electron chi connectivity index (χ3n) is 4.79. The van der Waals surface area contributed by atoms with E-state index in [-0.39, 0.29) is 23.5 Å². The van der Waals surface area contributed by atoms with E-state index >= 15 is 0 Å². The Morgan fingerprint density at radius 3 is 2.64 bits per heavy atom. The fourth-order valence-corrected chi connectivity index (χ4v) is 3.81. The van der Waals surface area contributed by atoms with Gasteiger partial charge < -0.3 is 20.0 Å². The third kappa shape index (κ3) is 1.09. The molecule has 22 heavy (non-hydrogen) atoms. The maximum Gasteiger partial charge on any atom is 0.327 e. The Morgan fingerprint density at radius 2 is 1.95 bits per heavy atom. The molecule has 0 amide bonds. The predicted molar refractivity (Wildman–Crippen MR) is 73.0 cm³/mol. The quantitative estimate of drug-likeness (QED) is 0.530. The average molecular weight is 303 g/mol. The Hall–Kier alpha value is -2.45. The minimum atomic E-state index is -2.37. The van der Waals surface area contributed by atoms with Crippen molar-refractivity contribution in [3.05, 3.63) is 57.0 Å². The topological polar surface area (TPSA) is 107 Å². The number of carbonyl (C=O) groups is 1. The largest absolute Gasteiger partial charge is 0.370 e. The number of hydrogen-bond donors (Lipinski definition) is 2. The molecule has 2 aliphatic heterocycles.